The molecule has 0 unspecified atom stereocenters. The zero-order chi connectivity index (χ0) is 14.2. The summed E-state index contributed by atoms with van der Waals surface area (Å²) in [5.74, 6) is 1.48. The largest absolute Gasteiger partial charge is 0.495 e. The van der Waals surface area contributed by atoms with E-state index in [1.807, 2.05) is 12.1 Å². The Bertz CT molecular complexity index is 464. The van der Waals surface area contributed by atoms with E-state index in [9.17, 15) is 0 Å². The molecule has 4 nitrogen and oxygen atoms in total. The van der Waals surface area contributed by atoms with Gasteiger partial charge in [0, 0.05) is 19.8 Å². The standard InChI is InChI=1S/C16H22N2O2/c1-19-16-9-14(5-6-15(16)10-17)11-18-7-2-8-20-12-13-3-4-13/h5-6,9,13,18H,2-4,7-8,11-12H2,1H3. The normalized spacial score (nSPS) is 14.0. The summed E-state index contributed by atoms with van der Waals surface area (Å²) >= 11 is 0. The van der Waals surface area contributed by atoms with Crippen molar-refractivity contribution in [3.8, 4) is 11.8 Å². The molecule has 0 atom stereocenters. The molecule has 0 spiro atoms. The van der Waals surface area contributed by atoms with Crippen LogP contribution in [-0.2, 0) is 11.3 Å². The van der Waals surface area contributed by atoms with Gasteiger partial charge in [-0.25, -0.2) is 0 Å². The Morgan fingerprint density at radius 2 is 2.25 bits per heavy atom. The minimum atomic E-state index is 0.574. The summed E-state index contributed by atoms with van der Waals surface area (Å²) < 4.78 is 10.8. The molecule has 20 heavy (non-hydrogen) atoms. The second kappa shape index (κ2) is 7.88. The van der Waals surface area contributed by atoms with Gasteiger partial charge in [0.1, 0.15) is 11.8 Å². The highest BCUT2D eigenvalue weighted by Crippen LogP contribution is 2.28. The Labute approximate surface area is 120 Å². The number of methoxy groups -OCH3 is 1. The van der Waals surface area contributed by atoms with E-state index in [0.717, 1.165) is 44.2 Å². The monoisotopic (exact) mass is 274 g/mol. The third kappa shape index (κ3) is 4.84. The third-order valence-corrected chi connectivity index (χ3v) is 3.41. The molecule has 1 fully saturated rings. The van der Waals surface area contributed by atoms with Crippen LogP contribution in [0, 0.1) is 17.2 Å². The van der Waals surface area contributed by atoms with Gasteiger partial charge >= 0.3 is 0 Å². The van der Waals surface area contributed by atoms with Crippen molar-refractivity contribution in [1.82, 2.24) is 5.32 Å². The van der Waals surface area contributed by atoms with Crippen molar-refractivity contribution in [3.05, 3.63) is 29.3 Å². The predicted octanol–water partition coefficient (Wildman–Crippen LogP) is 2.47. The number of hydrogen-bond donors (Lipinski definition) is 1. The van der Waals surface area contributed by atoms with Crippen molar-refractivity contribution in [3.63, 3.8) is 0 Å². The molecule has 0 bridgehead atoms. The lowest BCUT2D eigenvalue weighted by Gasteiger charge is -2.08. The van der Waals surface area contributed by atoms with Gasteiger partial charge in [0.2, 0.25) is 0 Å². The van der Waals surface area contributed by atoms with Crippen LogP contribution in [0.5, 0.6) is 5.75 Å². The van der Waals surface area contributed by atoms with Crippen LogP contribution in [0.2, 0.25) is 0 Å². The molecular weight excluding hydrogens is 252 g/mol. The lowest BCUT2D eigenvalue weighted by molar-refractivity contribution is 0.122. The molecule has 0 aromatic heterocycles. The summed E-state index contributed by atoms with van der Waals surface area (Å²) in [7, 11) is 1.59. The SMILES string of the molecule is COc1cc(CNCCCOCC2CC2)ccc1C#N. The van der Waals surface area contributed by atoms with Gasteiger partial charge in [-0.3, -0.25) is 0 Å². The van der Waals surface area contributed by atoms with Gasteiger partial charge in [0.15, 0.2) is 0 Å². The van der Waals surface area contributed by atoms with Crippen molar-refractivity contribution < 1.29 is 9.47 Å². The topological polar surface area (TPSA) is 54.3 Å². The minimum absolute atomic E-state index is 0.574. The minimum Gasteiger partial charge on any atom is -0.495 e. The van der Waals surface area contributed by atoms with Gasteiger partial charge in [-0.15, -0.1) is 0 Å². The van der Waals surface area contributed by atoms with E-state index >= 15 is 0 Å². The summed E-state index contributed by atoms with van der Waals surface area (Å²) in [5.41, 5.74) is 1.70. The number of ether oxygens (including phenoxy) is 2. The molecule has 0 saturated heterocycles. The fraction of sp³-hybridized carbons (Fsp3) is 0.562. The second-order valence-electron chi connectivity index (χ2n) is 5.20. The molecule has 4 heteroatoms. The van der Waals surface area contributed by atoms with Crippen LogP contribution in [0.4, 0.5) is 0 Å². The average Bonchev–Trinajstić information content (AvgIpc) is 3.30. The first-order valence-electron chi connectivity index (χ1n) is 7.19. The van der Waals surface area contributed by atoms with E-state index in [2.05, 4.69) is 11.4 Å². The van der Waals surface area contributed by atoms with Crippen LogP contribution in [0.3, 0.4) is 0 Å². The molecular formula is C16H22N2O2. The molecule has 1 saturated carbocycles. The van der Waals surface area contributed by atoms with Gasteiger partial charge in [-0.2, -0.15) is 5.26 Å². The fourth-order valence-electron chi connectivity index (χ4n) is 2.00. The molecule has 1 aromatic carbocycles. The maximum Gasteiger partial charge on any atom is 0.136 e. The zero-order valence-corrected chi connectivity index (χ0v) is 12.0. The molecule has 0 radical (unpaired) electrons. The summed E-state index contributed by atoms with van der Waals surface area (Å²) in [6.07, 6.45) is 3.72. The predicted molar refractivity (Wildman–Crippen MR) is 77.6 cm³/mol. The van der Waals surface area contributed by atoms with Gasteiger partial charge in [-0.1, -0.05) is 6.07 Å². The Morgan fingerprint density at radius 3 is 2.95 bits per heavy atom. The first-order valence-corrected chi connectivity index (χ1v) is 7.19. The first-order chi connectivity index (χ1) is 9.83. The molecule has 1 N–H and O–H groups in total. The van der Waals surface area contributed by atoms with Gasteiger partial charge in [0.25, 0.3) is 0 Å². The lowest BCUT2D eigenvalue weighted by atomic mass is 10.1. The highest BCUT2D eigenvalue weighted by atomic mass is 16.5. The summed E-state index contributed by atoms with van der Waals surface area (Å²) in [6, 6.07) is 7.78. The number of rotatable bonds is 9. The third-order valence-electron chi connectivity index (χ3n) is 3.41. The van der Waals surface area contributed by atoms with Crippen LogP contribution >= 0.6 is 0 Å². The summed E-state index contributed by atoms with van der Waals surface area (Å²) in [4.78, 5) is 0. The molecule has 0 aliphatic heterocycles. The Hall–Kier alpha value is -1.57. The second-order valence-corrected chi connectivity index (χ2v) is 5.20. The number of benzene rings is 1. The Morgan fingerprint density at radius 1 is 1.40 bits per heavy atom. The molecule has 0 heterocycles. The lowest BCUT2D eigenvalue weighted by Crippen LogP contribution is -2.16. The van der Waals surface area contributed by atoms with Crippen LogP contribution in [0.25, 0.3) is 0 Å². The van der Waals surface area contributed by atoms with Crippen molar-refractivity contribution in [2.24, 2.45) is 5.92 Å². The Kier molecular flexibility index (Phi) is 5.85. The number of nitrogens with zero attached hydrogens (tertiary/aromatic N) is 1. The van der Waals surface area contributed by atoms with E-state index in [4.69, 9.17) is 14.7 Å². The highest BCUT2D eigenvalue weighted by Gasteiger charge is 2.20. The highest BCUT2D eigenvalue weighted by molar-refractivity contribution is 5.45. The molecule has 2 rings (SSSR count). The van der Waals surface area contributed by atoms with E-state index in [1.54, 1.807) is 13.2 Å². The van der Waals surface area contributed by atoms with E-state index in [1.165, 1.54) is 12.8 Å². The smallest absolute Gasteiger partial charge is 0.136 e. The number of nitrogens with one attached hydrogen (secondary N) is 1. The number of hydrogen-bond acceptors (Lipinski definition) is 4. The van der Waals surface area contributed by atoms with Crippen LogP contribution in [-0.4, -0.2) is 26.9 Å². The van der Waals surface area contributed by atoms with Gasteiger partial charge < -0.3 is 14.8 Å². The molecule has 1 aliphatic carbocycles. The van der Waals surface area contributed by atoms with Gasteiger partial charge in [-0.05, 0) is 49.4 Å². The van der Waals surface area contributed by atoms with Crippen molar-refractivity contribution in [2.75, 3.05) is 26.9 Å². The summed E-state index contributed by atoms with van der Waals surface area (Å²) in [5, 5.41) is 12.3. The molecule has 1 aliphatic rings. The average molecular weight is 274 g/mol. The van der Waals surface area contributed by atoms with E-state index in [0.29, 0.717) is 11.3 Å². The molecule has 108 valence electrons. The fourth-order valence-corrected chi connectivity index (χ4v) is 2.00. The van der Waals surface area contributed by atoms with Crippen LogP contribution in [0.1, 0.15) is 30.4 Å². The maximum absolute atomic E-state index is 8.92. The van der Waals surface area contributed by atoms with Crippen molar-refractivity contribution in [2.45, 2.75) is 25.8 Å². The van der Waals surface area contributed by atoms with E-state index < -0.39 is 0 Å². The number of nitriles is 1. The Balaban J connectivity index is 1.62. The van der Waals surface area contributed by atoms with Crippen LogP contribution in [0.15, 0.2) is 18.2 Å². The molecule has 1 aromatic rings. The van der Waals surface area contributed by atoms with Crippen LogP contribution < -0.4 is 10.1 Å². The molecule has 0 amide bonds. The van der Waals surface area contributed by atoms with Crippen molar-refractivity contribution in [1.29, 1.82) is 5.26 Å². The van der Waals surface area contributed by atoms with Crippen molar-refractivity contribution >= 4 is 0 Å². The van der Waals surface area contributed by atoms with E-state index in [-0.39, 0.29) is 0 Å². The van der Waals surface area contributed by atoms with Gasteiger partial charge in [0.05, 0.1) is 12.7 Å². The summed E-state index contributed by atoms with van der Waals surface area (Å²) in [6.45, 7) is 3.49. The maximum atomic E-state index is 8.92. The first kappa shape index (κ1) is 14.8. The quantitative estimate of drug-likeness (QED) is 0.703. The zero-order valence-electron chi connectivity index (χ0n) is 12.0.